The number of piperazine rings is 1. The quantitative estimate of drug-likeness (QED) is 0.527. The number of aromatic nitrogens is 1. The summed E-state index contributed by atoms with van der Waals surface area (Å²) in [5.41, 5.74) is 6.35. The average molecular weight is 418 g/mol. The van der Waals surface area contributed by atoms with Crippen molar-refractivity contribution >= 4 is 34.5 Å². The summed E-state index contributed by atoms with van der Waals surface area (Å²) < 4.78 is 0. The minimum Gasteiger partial charge on any atom is -0.363 e. The Morgan fingerprint density at radius 3 is 2.52 bits per heavy atom. The fourth-order valence-electron chi connectivity index (χ4n) is 3.08. The number of hydrogen-bond donors (Lipinski definition) is 2. The molecular weight excluding hydrogens is 396 g/mol. The number of amides is 2. The lowest BCUT2D eigenvalue weighted by molar-refractivity contribution is -0.384. The zero-order chi connectivity index (χ0) is 20.8. The summed E-state index contributed by atoms with van der Waals surface area (Å²) in [6, 6.07) is 6.65. The van der Waals surface area contributed by atoms with Crippen LogP contribution in [0.5, 0.6) is 0 Å². The summed E-state index contributed by atoms with van der Waals surface area (Å²) in [7, 11) is 0. The van der Waals surface area contributed by atoms with Crippen LogP contribution in [0.3, 0.4) is 0 Å². The van der Waals surface area contributed by atoms with Crippen LogP contribution in [0.2, 0.25) is 0 Å². The van der Waals surface area contributed by atoms with E-state index >= 15 is 0 Å². The maximum Gasteiger partial charge on any atom is 0.292 e. The highest BCUT2D eigenvalue weighted by molar-refractivity contribution is 7.09. The van der Waals surface area contributed by atoms with Gasteiger partial charge < -0.3 is 4.90 Å². The van der Waals surface area contributed by atoms with Crippen LogP contribution in [0.25, 0.3) is 0 Å². The lowest BCUT2D eigenvalue weighted by Gasteiger charge is -2.35. The number of nitrogens with one attached hydrogen (secondary N) is 2. The van der Waals surface area contributed by atoms with Gasteiger partial charge in [-0.15, -0.1) is 11.3 Å². The van der Waals surface area contributed by atoms with E-state index in [9.17, 15) is 19.7 Å². The second-order valence-corrected chi connectivity index (χ2v) is 7.61. The van der Waals surface area contributed by atoms with Gasteiger partial charge in [0.05, 0.1) is 17.9 Å². The summed E-state index contributed by atoms with van der Waals surface area (Å²) in [4.78, 5) is 42.9. The van der Waals surface area contributed by atoms with E-state index in [4.69, 9.17) is 0 Å². The third kappa shape index (κ3) is 5.72. The van der Waals surface area contributed by atoms with E-state index in [-0.39, 0.29) is 35.4 Å². The van der Waals surface area contributed by atoms with E-state index in [0.717, 1.165) is 5.69 Å². The zero-order valence-corrected chi connectivity index (χ0v) is 16.8. The first kappa shape index (κ1) is 20.7. The Labute approximate surface area is 171 Å². The summed E-state index contributed by atoms with van der Waals surface area (Å²) >= 11 is 1.40. The van der Waals surface area contributed by atoms with E-state index in [1.807, 2.05) is 22.1 Å². The second-order valence-electron chi connectivity index (χ2n) is 6.66. The fourth-order valence-corrected chi connectivity index (χ4v) is 3.85. The molecule has 3 rings (SSSR count). The number of nitrogens with zero attached hydrogens (tertiary/aromatic N) is 4. The first-order valence-electron chi connectivity index (χ1n) is 9.12. The summed E-state index contributed by atoms with van der Waals surface area (Å²) in [5.74, 6) is -0.637. The SMILES string of the molecule is Cc1csc(CC(=O)NNC(=O)CN2CCN(c3ccccc3[N+](=O)[O-])CC2)n1. The van der Waals surface area contributed by atoms with Gasteiger partial charge in [-0.2, -0.15) is 0 Å². The molecule has 11 heteroatoms. The monoisotopic (exact) mass is 418 g/mol. The van der Waals surface area contributed by atoms with Gasteiger partial charge in [0.2, 0.25) is 5.91 Å². The molecule has 1 saturated heterocycles. The molecule has 154 valence electrons. The molecule has 0 unspecified atom stereocenters. The number of anilines is 1. The number of rotatable bonds is 6. The normalized spacial score (nSPS) is 14.4. The predicted octanol–water partition coefficient (Wildman–Crippen LogP) is 0.872. The van der Waals surface area contributed by atoms with Crippen molar-refractivity contribution in [2.75, 3.05) is 37.6 Å². The van der Waals surface area contributed by atoms with E-state index in [1.54, 1.807) is 18.2 Å². The molecule has 10 nitrogen and oxygen atoms in total. The van der Waals surface area contributed by atoms with E-state index < -0.39 is 0 Å². The van der Waals surface area contributed by atoms with Crippen molar-refractivity contribution in [1.29, 1.82) is 0 Å². The number of aryl methyl sites for hydroxylation is 1. The molecule has 1 fully saturated rings. The number of hydrogen-bond acceptors (Lipinski definition) is 8. The molecule has 1 aromatic heterocycles. The van der Waals surface area contributed by atoms with Gasteiger partial charge in [-0.05, 0) is 13.0 Å². The van der Waals surface area contributed by atoms with Crippen LogP contribution >= 0.6 is 11.3 Å². The summed E-state index contributed by atoms with van der Waals surface area (Å²) in [6.45, 7) is 4.33. The van der Waals surface area contributed by atoms with Crippen molar-refractivity contribution in [2.24, 2.45) is 0 Å². The number of carbonyl (C=O) groups is 2. The van der Waals surface area contributed by atoms with Crippen LogP contribution < -0.4 is 15.8 Å². The van der Waals surface area contributed by atoms with Crippen LogP contribution in [0, 0.1) is 17.0 Å². The van der Waals surface area contributed by atoms with Gasteiger partial charge in [0.25, 0.3) is 11.6 Å². The van der Waals surface area contributed by atoms with Crippen molar-refractivity contribution in [1.82, 2.24) is 20.7 Å². The molecule has 29 heavy (non-hydrogen) atoms. The Hall–Kier alpha value is -3.05. The zero-order valence-electron chi connectivity index (χ0n) is 16.0. The number of nitro benzene ring substituents is 1. The Morgan fingerprint density at radius 2 is 1.86 bits per heavy atom. The molecule has 2 N–H and O–H groups in total. The highest BCUT2D eigenvalue weighted by Crippen LogP contribution is 2.28. The Balaban J connectivity index is 1.42. The maximum absolute atomic E-state index is 12.1. The van der Waals surface area contributed by atoms with Gasteiger partial charge in [-0.25, -0.2) is 4.98 Å². The van der Waals surface area contributed by atoms with Crippen LogP contribution in [-0.4, -0.2) is 59.3 Å². The molecular formula is C18H22N6O4S. The number of para-hydroxylation sites is 2. The smallest absolute Gasteiger partial charge is 0.292 e. The number of hydrazine groups is 1. The average Bonchev–Trinajstić information content (AvgIpc) is 3.11. The molecule has 2 heterocycles. The Morgan fingerprint density at radius 1 is 1.17 bits per heavy atom. The summed E-state index contributed by atoms with van der Waals surface area (Å²) in [6.07, 6.45) is 0.118. The lowest BCUT2D eigenvalue weighted by atomic mass is 10.2. The number of benzene rings is 1. The molecule has 1 aliphatic heterocycles. The molecule has 0 radical (unpaired) electrons. The van der Waals surface area contributed by atoms with Gasteiger partial charge in [-0.1, -0.05) is 12.1 Å². The van der Waals surface area contributed by atoms with Crippen molar-refractivity contribution in [3.63, 3.8) is 0 Å². The van der Waals surface area contributed by atoms with Crippen LogP contribution in [0.4, 0.5) is 11.4 Å². The highest BCUT2D eigenvalue weighted by atomic mass is 32.1. The maximum atomic E-state index is 12.1. The third-order valence-corrected chi connectivity index (χ3v) is 5.44. The minimum atomic E-state index is -0.384. The topological polar surface area (TPSA) is 121 Å². The first-order chi connectivity index (χ1) is 13.9. The highest BCUT2D eigenvalue weighted by Gasteiger charge is 2.24. The third-order valence-electron chi connectivity index (χ3n) is 4.48. The molecule has 0 saturated carbocycles. The molecule has 0 bridgehead atoms. The lowest BCUT2D eigenvalue weighted by Crippen LogP contribution is -2.52. The number of nitro groups is 1. The van der Waals surface area contributed by atoms with Crippen molar-refractivity contribution in [2.45, 2.75) is 13.3 Å². The fraction of sp³-hybridized carbons (Fsp3) is 0.389. The molecule has 0 spiro atoms. The molecule has 0 atom stereocenters. The van der Waals surface area contributed by atoms with Gasteiger partial charge >= 0.3 is 0 Å². The molecule has 0 aliphatic carbocycles. The molecule has 1 aliphatic rings. The van der Waals surface area contributed by atoms with Gasteiger partial charge in [-0.3, -0.25) is 35.5 Å². The predicted molar refractivity (Wildman–Crippen MR) is 109 cm³/mol. The largest absolute Gasteiger partial charge is 0.363 e. The van der Waals surface area contributed by atoms with Gasteiger partial charge in [0.1, 0.15) is 10.7 Å². The number of carbonyl (C=O) groups excluding carboxylic acids is 2. The standard InChI is InChI=1S/C18H22N6O4S/c1-13-12-29-18(19-13)10-16(25)20-21-17(26)11-22-6-8-23(9-7-22)14-4-2-3-5-15(14)24(27)28/h2-5,12H,6-11H2,1H3,(H,20,25)(H,21,26). The van der Waals surface area contributed by atoms with Crippen LogP contribution in [0.15, 0.2) is 29.6 Å². The summed E-state index contributed by atoms with van der Waals surface area (Å²) in [5, 5.41) is 13.8. The Bertz CT molecular complexity index is 894. The van der Waals surface area contributed by atoms with Gasteiger partial charge in [0, 0.05) is 43.3 Å². The van der Waals surface area contributed by atoms with Crippen molar-refractivity contribution < 1.29 is 14.5 Å². The van der Waals surface area contributed by atoms with Crippen LogP contribution in [-0.2, 0) is 16.0 Å². The van der Waals surface area contributed by atoms with Gasteiger partial charge in [0.15, 0.2) is 0 Å². The van der Waals surface area contributed by atoms with E-state index in [2.05, 4.69) is 15.8 Å². The first-order valence-corrected chi connectivity index (χ1v) is 10.00. The Kier molecular flexibility index (Phi) is 6.73. The minimum absolute atomic E-state index is 0.0804. The van der Waals surface area contributed by atoms with Crippen LogP contribution in [0.1, 0.15) is 10.7 Å². The van der Waals surface area contributed by atoms with E-state index in [1.165, 1.54) is 17.4 Å². The van der Waals surface area contributed by atoms with Crippen molar-refractivity contribution in [3.05, 3.63) is 50.5 Å². The molecule has 2 amide bonds. The van der Waals surface area contributed by atoms with Crippen molar-refractivity contribution in [3.8, 4) is 0 Å². The second kappa shape index (κ2) is 9.43. The molecule has 1 aromatic carbocycles. The number of thiazole rings is 1. The molecule has 2 aromatic rings. The van der Waals surface area contributed by atoms with E-state index in [0.29, 0.717) is 36.9 Å².